The Kier molecular flexibility index (Phi) is 4.52. The molecule has 0 bridgehead atoms. The van der Waals surface area contributed by atoms with Gasteiger partial charge in [-0.15, -0.1) is 0 Å². The second-order valence-corrected chi connectivity index (χ2v) is 6.51. The monoisotopic (exact) mass is 295 g/mol. The summed E-state index contributed by atoms with van der Waals surface area (Å²) < 4.78 is 18.2. The number of alkyl carbamates (subject to hydrolysis) is 1. The lowest BCUT2D eigenvalue weighted by molar-refractivity contribution is 0.0400. The molecule has 1 aliphatic carbocycles. The van der Waals surface area contributed by atoms with Crippen molar-refractivity contribution in [3.05, 3.63) is 35.6 Å². The van der Waals surface area contributed by atoms with Crippen LogP contribution < -0.4 is 5.32 Å². The van der Waals surface area contributed by atoms with Crippen molar-refractivity contribution in [2.24, 2.45) is 5.92 Å². The number of rotatable bonds is 4. The van der Waals surface area contributed by atoms with Gasteiger partial charge in [-0.05, 0) is 57.2 Å². The van der Waals surface area contributed by atoms with Crippen molar-refractivity contribution in [1.82, 2.24) is 5.32 Å². The van der Waals surface area contributed by atoms with E-state index in [0.717, 1.165) is 12.8 Å². The zero-order chi connectivity index (χ0) is 15.6. The number of nitrogens with one attached hydrogen (secondary N) is 1. The third kappa shape index (κ3) is 4.70. The fourth-order valence-corrected chi connectivity index (χ4v) is 2.22. The van der Waals surface area contributed by atoms with Gasteiger partial charge in [-0.2, -0.15) is 0 Å². The maximum absolute atomic E-state index is 12.9. The van der Waals surface area contributed by atoms with Gasteiger partial charge in [0, 0.05) is 0 Å². The summed E-state index contributed by atoms with van der Waals surface area (Å²) in [7, 11) is 0. The first-order valence-corrected chi connectivity index (χ1v) is 7.19. The largest absolute Gasteiger partial charge is 0.444 e. The molecule has 21 heavy (non-hydrogen) atoms. The van der Waals surface area contributed by atoms with E-state index >= 15 is 0 Å². The summed E-state index contributed by atoms with van der Waals surface area (Å²) in [5.41, 5.74) is 0.00306. The van der Waals surface area contributed by atoms with Crippen LogP contribution in [0.3, 0.4) is 0 Å². The van der Waals surface area contributed by atoms with Crippen LogP contribution in [0.5, 0.6) is 0 Å². The molecule has 0 heterocycles. The summed E-state index contributed by atoms with van der Waals surface area (Å²) in [5, 5.41) is 13.2. The lowest BCUT2D eigenvalue weighted by atomic mass is 9.98. The van der Waals surface area contributed by atoms with Crippen LogP contribution in [-0.4, -0.2) is 22.8 Å². The van der Waals surface area contributed by atoms with Crippen molar-refractivity contribution < 1.29 is 19.0 Å². The van der Waals surface area contributed by atoms with Gasteiger partial charge in [0.1, 0.15) is 11.4 Å². The van der Waals surface area contributed by atoms with E-state index in [1.54, 1.807) is 20.8 Å². The molecule has 2 N–H and O–H groups in total. The topological polar surface area (TPSA) is 58.6 Å². The number of ether oxygens (including phenoxy) is 1. The van der Waals surface area contributed by atoms with E-state index < -0.39 is 23.8 Å². The molecule has 1 saturated carbocycles. The molecule has 0 unspecified atom stereocenters. The summed E-state index contributed by atoms with van der Waals surface area (Å²) in [6, 6.07) is 5.26. The number of hydrogen-bond donors (Lipinski definition) is 2. The van der Waals surface area contributed by atoms with E-state index in [1.165, 1.54) is 24.3 Å². The van der Waals surface area contributed by atoms with Crippen molar-refractivity contribution in [2.45, 2.75) is 51.4 Å². The molecular weight excluding hydrogens is 273 g/mol. The highest BCUT2D eigenvalue weighted by Crippen LogP contribution is 2.38. The number of amides is 1. The summed E-state index contributed by atoms with van der Waals surface area (Å²) >= 11 is 0. The highest BCUT2D eigenvalue weighted by Gasteiger charge is 2.38. The number of halogens is 1. The van der Waals surface area contributed by atoms with Gasteiger partial charge in [0.25, 0.3) is 0 Å². The molecule has 5 heteroatoms. The van der Waals surface area contributed by atoms with Gasteiger partial charge >= 0.3 is 6.09 Å². The smallest absolute Gasteiger partial charge is 0.407 e. The molecule has 2 atom stereocenters. The van der Waals surface area contributed by atoms with Gasteiger partial charge in [-0.1, -0.05) is 12.1 Å². The average molecular weight is 295 g/mol. The standard InChI is InChI=1S/C16H22FNO3/c1-16(2,3)21-15(20)18-13(10-4-5-10)14(19)11-6-8-12(17)9-7-11/h6-10,13-14,19H,4-5H2,1-3H3,(H,18,20)/t13-,14+/m1/s1. The average Bonchev–Trinajstić information content (AvgIpc) is 3.18. The van der Waals surface area contributed by atoms with Gasteiger partial charge in [0.05, 0.1) is 12.1 Å². The van der Waals surface area contributed by atoms with Crippen molar-refractivity contribution in [3.8, 4) is 0 Å². The molecule has 2 rings (SSSR count). The van der Waals surface area contributed by atoms with E-state index in [9.17, 15) is 14.3 Å². The number of hydrogen-bond acceptors (Lipinski definition) is 3. The Morgan fingerprint density at radius 2 is 1.90 bits per heavy atom. The lowest BCUT2D eigenvalue weighted by Gasteiger charge is -2.27. The van der Waals surface area contributed by atoms with Crippen LogP contribution in [0.4, 0.5) is 9.18 Å². The Morgan fingerprint density at radius 3 is 2.38 bits per heavy atom. The van der Waals surface area contributed by atoms with Gasteiger partial charge in [0.15, 0.2) is 0 Å². The van der Waals surface area contributed by atoms with E-state index in [0.29, 0.717) is 5.56 Å². The summed E-state index contributed by atoms with van der Waals surface area (Å²) in [6.07, 6.45) is 0.503. The molecule has 0 aliphatic heterocycles. The van der Waals surface area contributed by atoms with E-state index in [1.807, 2.05) is 0 Å². The molecule has 1 amide bonds. The molecule has 0 spiro atoms. The van der Waals surface area contributed by atoms with Crippen LogP contribution in [0.25, 0.3) is 0 Å². The lowest BCUT2D eigenvalue weighted by Crippen LogP contribution is -2.43. The quantitative estimate of drug-likeness (QED) is 0.897. The maximum atomic E-state index is 12.9. The Bertz CT molecular complexity index is 491. The minimum atomic E-state index is -0.870. The normalized spacial score (nSPS) is 18.0. The zero-order valence-electron chi connectivity index (χ0n) is 12.6. The van der Waals surface area contributed by atoms with Crippen LogP contribution in [0.2, 0.25) is 0 Å². The molecular formula is C16H22FNO3. The summed E-state index contributed by atoms with van der Waals surface area (Å²) in [5.74, 6) is -0.119. The minimum Gasteiger partial charge on any atom is -0.444 e. The summed E-state index contributed by atoms with van der Waals surface area (Å²) in [6.45, 7) is 5.36. The Hall–Kier alpha value is -1.62. The molecule has 1 aromatic carbocycles. The van der Waals surface area contributed by atoms with Gasteiger partial charge in [-0.3, -0.25) is 0 Å². The molecule has 0 radical (unpaired) electrons. The van der Waals surface area contributed by atoms with Crippen molar-refractivity contribution >= 4 is 6.09 Å². The Labute approximate surface area is 124 Å². The third-order valence-corrected chi connectivity index (χ3v) is 3.36. The summed E-state index contributed by atoms with van der Waals surface area (Å²) in [4.78, 5) is 11.9. The molecule has 116 valence electrons. The van der Waals surface area contributed by atoms with Crippen LogP contribution >= 0.6 is 0 Å². The Balaban J connectivity index is 2.05. The van der Waals surface area contributed by atoms with Gasteiger partial charge in [0.2, 0.25) is 0 Å². The molecule has 1 aliphatic rings. The minimum absolute atomic E-state index is 0.234. The van der Waals surface area contributed by atoms with Gasteiger partial charge < -0.3 is 15.2 Å². The van der Waals surface area contributed by atoms with E-state index in [2.05, 4.69) is 5.32 Å². The predicted octanol–water partition coefficient (Wildman–Crippen LogP) is 3.16. The van der Waals surface area contributed by atoms with E-state index in [-0.39, 0.29) is 11.7 Å². The van der Waals surface area contributed by atoms with Crippen LogP contribution in [0.1, 0.15) is 45.3 Å². The maximum Gasteiger partial charge on any atom is 0.407 e. The van der Waals surface area contributed by atoms with E-state index in [4.69, 9.17) is 4.74 Å². The second-order valence-electron chi connectivity index (χ2n) is 6.51. The first-order valence-electron chi connectivity index (χ1n) is 7.19. The van der Waals surface area contributed by atoms with Crippen molar-refractivity contribution in [3.63, 3.8) is 0 Å². The predicted molar refractivity (Wildman–Crippen MR) is 77.2 cm³/mol. The first-order chi connectivity index (χ1) is 9.76. The number of carbonyl (C=O) groups excluding carboxylic acids is 1. The fourth-order valence-electron chi connectivity index (χ4n) is 2.22. The molecule has 0 aromatic heterocycles. The SMILES string of the molecule is CC(C)(C)OC(=O)N[C@H](C1CC1)[C@@H](O)c1ccc(F)cc1. The number of aliphatic hydroxyl groups excluding tert-OH is 1. The second kappa shape index (κ2) is 6.02. The fraction of sp³-hybridized carbons (Fsp3) is 0.562. The van der Waals surface area contributed by atoms with Crippen LogP contribution in [-0.2, 0) is 4.74 Å². The Morgan fingerprint density at radius 1 is 1.33 bits per heavy atom. The third-order valence-electron chi connectivity index (χ3n) is 3.36. The number of aliphatic hydroxyl groups is 1. The van der Waals surface area contributed by atoms with Crippen molar-refractivity contribution in [1.29, 1.82) is 0 Å². The van der Waals surface area contributed by atoms with Gasteiger partial charge in [-0.25, -0.2) is 9.18 Å². The molecule has 1 aromatic rings. The molecule has 1 fully saturated rings. The first kappa shape index (κ1) is 15.8. The van der Waals surface area contributed by atoms with Crippen molar-refractivity contribution in [2.75, 3.05) is 0 Å². The zero-order valence-corrected chi connectivity index (χ0v) is 12.6. The van der Waals surface area contributed by atoms with Crippen LogP contribution in [0, 0.1) is 11.7 Å². The molecule has 0 saturated heterocycles. The molecule has 4 nitrogen and oxygen atoms in total. The highest BCUT2D eigenvalue weighted by atomic mass is 19.1. The number of benzene rings is 1. The van der Waals surface area contributed by atoms with Crippen LogP contribution in [0.15, 0.2) is 24.3 Å². The number of carbonyl (C=O) groups is 1. The highest BCUT2D eigenvalue weighted by molar-refractivity contribution is 5.68.